The Balaban J connectivity index is 2.02. The number of benzene rings is 1. The molecule has 2 unspecified atom stereocenters. The van der Waals surface area contributed by atoms with Crippen molar-refractivity contribution in [2.45, 2.75) is 43.7 Å². The first-order valence-electron chi connectivity index (χ1n) is 6.29. The number of nitrogens with one attached hydrogen (secondary N) is 1. The molecule has 2 atom stereocenters. The van der Waals surface area contributed by atoms with Crippen molar-refractivity contribution in [3.63, 3.8) is 0 Å². The fraction of sp³-hybridized carbons (Fsp3) is 0.538. The van der Waals surface area contributed by atoms with E-state index in [-0.39, 0.29) is 17.5 Å². The average molecular weight is 269 g/mol. The van der Waals surface area contributed by atoms with Crippen molar-refractivity contribution in [2.24, 2.45) is 5.92 Å². The zero-order valence-corrected chi connectivity index (χ0v) is 11.3. The van der Waals surface area contributed by atoms with Crippen LogP contribution in [-0.4, -0.2) is 19.6 Å². The molecule has 1 aliphatic carbocycles. The second kappa shape index (κ2) is 5.38. The van der Waals surface area contributed by atoms with Gasteiger partial charge in [0.1, 0.15) is 0 Å². The van der Waals surface area contributed by atoms with Crippen LogP contribution in [-0.2, 0) is 16.6 Å². The maximum absolute atomic E-state index is 12.1. The van der Waals surface area contributed by atoms with E-state index >= 15 is 0 Å². The Labute approximate surface area is 108 Å². The lowest BCUT2D eigenvalue weighted by molar-refractivity contribution is 0.282. The van der Waals surface area contributed by atoms with Gasteiger partial charge in [-0.05, 0) is 36.5 Å². The molecule has 100 valence electrons. The summed E-state index contributed by atoms with van der Waals surface area (Å²) in [5.41, 5.74) is 0.712. The normalized spacial score (nSPS) is 23.0. The maximum Gasteiger partial charge on any atom is 0.240 e. The van der Waals surface area contributed by atoms with E-state index in [2.05, 4.69) is 11.6 Å². The van der Waals surface area contributed by atoms with Gasteiger partial charge in [-0.3, -0.25) is 0 Å². The largest absolute Gasteiger partial charge is 0.392 e. The van der Waals surface area contributed by atoms with E-state index in [0.29, 0.717) is 11.5 Å². The van der Waals surface area contributed by atoms with Crippen molar-refractivity contribution in [1.82, 2.24) is 4.72 Å². The molecular weight excluding hydrogens is 250 g/mol. The minimum Gasteiger partial charge on any atom is -0.392 e. The molecule has 1 saturated carbocycles. The first-order valence-corrected chi connectivity index (χ1v) is 7.77. The van der Waals surface area contributed by atoms with Gasteiger partial charge in [-0.15, -0.1) is 0 Å². The molecule has 0 amide bonds. The molecule has 2 N–H and O–H groups in total. The number of hydrogen-bond donors (Lipinski definition) is 2. The van der Waals surface area contributed by atoms with Gasteiger partial charge in [-0.25, -0.2) is 13.1 Å². The molecule has 0 aliphatic heterocycles. The third kappa shape index (κ3) is 3.10. The number of hydrogen-bond acceptors (Lipinski definition) is 3. The summed E-state index contributed by atoms with van der Waals surface area (Å²) >= 11 is 0. The molecule has 2 rings (SSSR count). The Morgan fingerprint density at radius 1 is 1.33 bits per heavy atom. The van der Waals surface area contributed by atoms with Gasteiger partial charge in [0.25, 0.3) is 0 Å². The Morgan fingerprint density at radius 2 is 2.00 bits per heavy atom. The van der Waals surface area contributed by atoms with Crippen molar-refractivity contribution in [1.29, 1.82) is 0 Å². The number of sulfonamides is 1. The van der Waals surface area contributed by atoms with Crippen LogP contribution in [0.5, 0.6) is 0 Å². The molecule has 18 heavy (non-hydrogen) atoms. The number of rotatable bonds is 6. The van der Waals surface area contributed by atoms with Gasteiger partial charge in [0, 0.05) is 6.04 Å². The van der Waals surface area contributed by atoms with Gasteiger partial charge in [0.2, 0.25) is 10.0 Å². The van der Waals surface area contributed by atoms with Gasteiger partial charge in [0.15, 0.2) is 0 Å². The average Bonchev–Trinajstić information content (AvgIpc) is 3.07. The minimum atomic E-state index is -3.40. The van der Waals surface area contributed by atoms with Gasteiger partial charge >= 0.3 is 0 Å². The second-order valence-corrected chi connectivity index (χ2v) is 6.53. The lowest BCUT2D eigenvalue weighted by Gasteiger charge is -2.06. The second-order valence-electron chi connectivity index (χ2n) is 4.81. The first-order chi connectivity index (χ1) is 8.56. The molecule has 1 aromatic rings. The molecular formula is C13H19NO3S. The van der Waals surface area contributed by atoms with E-state index in [1.807, 2.05) is 0 Å². The van der Waals surface area contributed by atoms with Crippen LogP contribution in [0.3, 0.4) is 0 Å². The molecule has 5 heteroatoms. The van der Waals surface area contributed by atoms with Crippen LogP contribution in [0.1, 0.15) is 31.7 Å². The highest BCUT2D eigenvalue weighted by atomic mass is 32.2. The monoisotopic (exact) mass is 269 g/mol. The molecule has 1 fully saturated rings. The third-order valence-electron chi connectivity index (χ3n) is 3.30. The van der Waals surface area contributed by atoms with Crippen LogP contribution in [0.25, 0.3) is 0 Å². The van der Waals surface area contributed by atoms with E-state index in [9.17, 15) is 8.42 Å². The molecule has 0 radical (unpaired) electrons. The van der Waals surface area contributed by atoms with Crippen LogP contribution in [0.2, 0.25) is 0 Å². The van der Waals surface area contributed by atoms with E-state index in [1.54, 1.807) is 12.1 Å². The zero-order valence-electron chi connectivity index (χ0n) is 10.5. The third-order valence-corrected chi connectivity index (χ3v) is 4.81. The molecule has 0 heterocycles. The Bertz CT molecular complexity index is 495. The van der Waals surface area contributed by atoms with Gasteiger partial charge in [0.05, 0.1) is 11.5 Å². The summed E-state index contributed by atoms with van der Waals surface area (Å²) in [6, 6.07) is 6.43. The molecule has 1 aliphatic rings. The van der Waals surface area contributed by atoms with Crippen LogP contribution < -0.4 is 4.72 Å². The lowest BCUT2D eigenvalue weighted by Crippen LogP contribution is -2.27. The summed E-state index contributed by atoms with van der Waals surface area (Å²) in [5, 5.41) is 8.92. The maximum atomic E-state index is 12.1. The quantitative estimate of drug-likeness (QED) is 0.825. The standard InChI is InChI=1S/C13H19NO3S/c1-2-3-11-8-13(11)14-18(16,17)12-6-4-10(9-15)5-7-12/h4-7,11,13-15H,2-3,8-9H2,1H3. The zero-order chi connectivity index (χ0) is 13.2. The van der Waals surface area contributed by atoms with Crippen molar-refractivity contribution in [3.05, 3.63) is 29.8 Å². The van der Waals surface area contributed by atoms with Crippen LogP contribution >= 0.6 is 0 Å². The Kier molecular flexibility index (Phi) is 4.04. The van der Waals surface area contributed by atoms with Crippen molar-refractivity contribution in [2.75, 3.05) is 0 Å². The van der Waals surface area contributed by atoms with E-state index in [1.165, 1.54) is 12.1 Å². The predicted octanol–water partition coefficient (Wildman–Crippen LogP) is 1.65. The summed E-state index contributed by atoms with van der Waals surface area (Å²) < 4.78 is 26.8. The summed E-state index contributed by atoms with van der Waals surface area (Å²) in [6.07, 6.45) is 3.12. The van der Waals surface area contributed by atoms with Crippen molar-refractivity contribution in [3.8, 4) is 0 Å². The number of aliphatic hydroxyl groups is 1. The Hall–Kier alpha value is -0.910. The topological polar surface area (TPSA) is 66.4 Å². The van der Waals surface area contributed by atoms with E-state index in [4.69, 9.17) is 5.11 Å². The minimum absolute atomic E-state index is 0.0744. The summed E-state index contributed by atoms with van der Waals surface area (Å²) in [5.74, 6) is 0.501. The summed E-state index contributed by atoms with van der Waals surface area (Å²) in [6.45, 7) is 2.03. The molecule has 0 saturated heterocycles. The molecule has 0 bridgehead atoms. The molecule has 4 nitrogen and oxygen atoms in total. The summed E-state index contributed by atoms with van der Waals surface area (Å²) in [7, 11) is -3.40. The molecule has 0 spiro atoms. The SMILES string of the molecule is CCCC1CC1NS(=O)(=O)c1ccc(CO)cc1. The van der Waals surface area contributed by atoms with Gasteiger partial charge in [-0.1, -0.05) is 25.5 Å². The molecule has 0 aromatic heterocycles. The lowest BCUT2D eigenvalue weighted by atomic mass is 10.2. The fourth-order valence-corrected chi connectivity index (χ4v) is 3.44. The molecule has 1 aromatic carbocycles. The highest BCUT2D eigenvalue weighted by molar-refractivity contribution is 7.89. The van der Waals surface area contributed by atoms with Crippen molar-refractivity contribution >= 4 is 10.0 Å². The van der Waals surface area contributed by atoms with Crippen LogP contribution in [0.15, 0.2) is 29.2 Å². The summed E-state index contributed by atoms with van der Waals surface area (Å²) in [4.78, 5) is 0.266. The smallest absolute Gasteiger partial charge is 0.240 e. The van der Waals surface area contributed by atoms with Crippen LogP contribution in [0, 0.1) is 5.92 Å². The van der Waals surface area contributed by atoms with Crippen LogP contribution in [0.4, 0.5) is 0 Å². The van der Waals surface area contributed by atoms with Gasteiger partial charge < -0.3 is 5.11 Å². The highest BCUT2D eigenvalue weighted by Crippen LogP contribution is 2.35. The highest BCUT2D eigenvalue weighted by Gasteiger charge is 2.39. The van der Waals surface area contributed by atoms with Crippen molar-refractivity contribution < 1.29 is 13.5 Å². The number of aliphatic hydroxyl groups excluding tert-OH is 1. The van der Waals surface area contributed by atoms with Gasteiger partial charge in [-0.2, -0.15) is 0 Å². The first kappa shape index (κ1) is 13.5. The van der Waals surface area contributed by atoms with E-state index < -0.39 is 10.0 Å². The Morgan fingerprint density at radius 3 is 2.56 bits per heavy atom. The predicted molar refractivity (Wildman–Crippen MR) is 69.5 cm³/mol. The van der Waals surface area contributed by atoms with E-state index in [0.717, 1.165) is 19.3 Å². The fourth-order valence-electron chi connectivity index (χ4n) is 2.12.